The molecule has 120 valence electrons. The summed E-state index contributed by atoms with van der Waals surface area (Å²) in [7, 11) is 0. The van der Waals surface area contributed by atoms with E-state index in [-0.39, 0.29) is 16.7 Å². The van der Waals surface area contributed by atoms with Gasteiger partial charge < -0.3 is 4.74 Å². The molecule has 0 aromatic heterocycles. The van der Waals surface area contributed by atoms with Crippen molar-refractivity contribution in [2.45, 2.75) is 12.5 Å². The van der Waals surface area contributed by atoms with Gasteiger partial charge in [-0.25, -0.2) is 0 Å². The first-order valence-electron chi connectivity index (χ1n) is 6.08. The van der Waals surface area contributed by atoms with Crippen LogP contribution in [0.4, 0.5) is 26.3 Å². The minimum atomic E-state index is -4.87. The fourth-order valence-electron chi connectivity index (χ4n) is 1.89. The maximum Gasteiger partial charge on any atom is 0.573 e. The zero-order valence-electron chi connectivity index (χ0n) is 11.2. The molecule has 0 aliphatic carbocycles. The number of alkyl halides is 6. The topological polar surface area (TPSA) is 33.0 Å². The monoisotopic (exact) mass is 331 g/mol. The zero-order chi connectivity index (χ0) is 17.3. The summed E-state index contributed by atoms with van der Waals surface area (Å²) in [5.41, 5.74) is -0.840. The first kappa shape index (κ1) is 16.7. The largest absolute Gasteiger partial charge is 0.573 e. The number of nitriles is 1. The lowest BCUT2D eigenvalue weighted by atomic mass is 9.97. The minimum absolute atomic E-state index is 0.0255. The van der Waals surface area contributed by atoms with E-state index >= 15 is 0 Å². The van der Waals surface area contributed by atoms with Crippen molar-refractivity contribution in [1.29, 1.82) is 5.26 Å². The third-order valence-electron chi connectivity index (χ3n) is 2.87. The summed E-state index contributed by atoms with van der Waals surface area (Å²) < 4.78 is 78.1. The summed E-state index contributed by atoms with van der Waals surface area (Å²) in [5, 5.41) is 8.98. The van der Waals surface area contributed by atoms with Gasteiger partial charge in [-0.2, -0.15) is 18.4 Å². The fourth-order valence-corrected chi connectivity index (χ4v) is 1.89. The highest BCUT2D eigenvalue weighted by atomic mass is 19.4. The number of halogens is 6. The second-order valence-electron chi connectivity index (χ2n) is 4.44. The average Bonchev–Trinajstić information content (AvgIpc) is 2.45. The van der Waals surface area contributed by atoms with Crippen LogP contribution in [0.3, 0.4) is 0 Å². The molecular formula is C15H7F6NO. The Kier molecular flexibility index (Phi) is 4.23. The van der Waals surface area contributed by atoms with Crippen molar-refractivity contribution in [1.82, 2.24) is 0 Å². The van der Waals surface area contributed by atoms with Crippen LogP contribution in [0.5, 0.6) is 5.75 Å². The quantitative estimate of drug-likeness (QED) is 0.714. The maximum atomic E-state index is 12.7. The Morgan fingerprint density at radius 3 is 1.96 bits per heavy atom. The van der Waals surface area contributed by atoms with Gasteiger partial charge in [0.1, 0.15) is 5.75 Å². The fraction of sp³-hybridized carbons (Fsp3) is 0.133. The van der Waals surface area contributed by atoms with Gasteiger partial charge in [-0.05, 0) is 35.9 Å². The molecule has 0 bridgehead atoms. The highest BCUT2D eigenvalue weighted by Gasteiger charge is 2.32. The Morgan fingerprint density at radius 2 is 1.48 bits per heavy atom. The van der Waals surface area contributed by atoms with Crippen LogP contribution in [-0.4, -0.2) is 6.36 Å². The zero-order valence-corrected chi connectivity index (χ0v) is 11.2. The van der Waals surface area contributed by atoms with Gasteiger partial charge in [-0.15, -0.1) is 13.2 Å². The van der Waals surface area contributed by atoms with E-state index in [4.69, 9.17) is 5.26 Å². The van der Waals surface area contributed by atoms with E-state index in [9.17, 15) is 26.3 Å². The molecular weight excluding hydrogens is 324 g/mol. The predicted molar refractivity (Wildman–Crippen MR) is 68.3 cm³/mol. The molecule has 8 heteroatoms. The van der Waals surface area contributed by atoms with Crippen LogP contribution in [0.2, 0.25) is 0 Å². The molecule has 0 heterocycles. The van der Waals surface area contributed by atoms with Crippen molar-refractivity contribution < 1.29 is 31.1 Å². The van der Waals surface area contributed by atoms with Crippen LogP contribution >= 0.6 is 0 Å². The number of hydrogen-bond donors (Lipinski definition) is 0. The molecule has 0 unspecified atom stereocenters. The summed E-state index contributed by atoms with van der Waals surface area (Å²) in [6.45, 7) is 0. The first-order chi connectivity index (χ1) is 10.6. The number of hydrogen-bond acceptors (Lipinski definition) is 2. The second kappa shape index (κ2) is 5.83. The molecule has 0 saturated heterocycles. The van der Waals surface area contributed by atoms with Crippen LogP contribution in [0.1, 0.15) is 11.1 Å². The predicted octanol–water partition coefficient (Wildman–Crippen LogP) is 5.14. The van der Waals surface area contributed by atoms with Gasteiger partial charge in [0.25, 0.3) is 0 Å². The summed E-state index contributed by atoms with van der Waals surface area (Å²) in [6.07, 6.45) is -9.46. The van der Waals surface area contributed by atoms with Crippen LogP contribution in [0.15, 0.2) is 42.5 Å². The van der Waals surface area contributed by atoms with E-state index in [2.05, 4.69) is 4.74 Å². The summed E-state index contributed by atoms with van der Waals surface area (Å²) in [5.74, 6) is -0.508. The molecule has 0 fully saturated rings. The van der Waals surface area contributed by atoms with Gasteiger partial charge in [0.05, 0.1) is 17.2 Å². The maximum absolute atomic E-state index is 12.7. The molecule has 0 aliphatic heterocycles. The van der Waals surface area contributed by atoms with Crippen molar-refractivity contribution >= 4 is 0 Å². The lowest BCUT2D eigenvalue weighted by molar-refractivity contribution is -0.274. The second-order valence-corrected chi connectivity index (χ2v) is 4.44. The lowest BCUT2D eigenvalue weighted by Gasteiger charge is -2.12. The Bertz CT molecular complexity index is 741. The molecule has 0 aliphatic rings. The standard InChI is InChI=1S/C15H7F6NO/c16-14(17,18)11-4-1-10(8-22)13(7-11)9-2-5-12(6-3-9)23-15(19,20)21/h1-7H. The molecule has 0 atom stereocenters. The molecule has 2 aromatic carbocycles. The van der Waals surface area contributed by atoms with Gasteiger partial charge in [0, 0.05) is 5.56 Å². The van der Waals surface area contributed by atoms with E-state index < -0.39 is 23.9 Å². The van der Waals surface area contributed by atoms with E-state index in [0.717, 1.165) is 42.5 Å². The highest BCUT2D eigenvalue weighted by molar-refractivity contribution is 5.71. The van der Waals surface area contributed by atoms with Crippen molar-refractivity contribution in [3.05, 3.63) is 53.6 Å². The van der Waals surface area contributed by atoms with Gasteiger partial charge in [0.15, 0.2) is 0 Å². The third kappa shape index (κ3) is 4.16. The van der Waals surface area contributed by atoms with Crippen LogP contribution in [0, 0.1) is 11.3 Å². The molecule has 0 radical (unpaired) electrons. The Labute approximate surface area is 126 Å². The van der Waals surface area contributed by atoms with Gasteiger partial charge in [-0.1, -0.05) is 12.1 Å². The SMILES string of the molecule is N#Cc1ccc(C(F)(F)F)cc1-c1ccc(OC(F)(F)F)cc1. The number of benzene rings is 2. The Balaban J connectivity index is 2.43. The molecule has 0 saturated carbocycles. The van der Waals surface area contributed by atoms with Gasteiger partial charge in [-0.3, -0.25) is 0 Å². The van der Waals surface area contributed by atoms with Crippen molar-refractivity contribution in [3.8, 4) is 22.9 Å². The van der Waals surface area contributed by atoms with E-state index in [1.165, 1.54) is 0 Å². The van der Waals surface area contributed by atoms with Crippen LogP contribution in [0.25, 0.3) is 11.1 Å². The third-order valence-corrected chi connectivity index (χ3v) is 2.87. The lowest BCUT2D eigenvalue weighted by Crippen LogP contribution is -2.16. The number of nitrogens with zero attached hydrogens (tertiary/aromatic N) is 1. The highest BCUT2D eigenvalue weighted by Crippen LogP contribution is 2.34. The van der Waals surface area contributed by atoms with Gasteiger partial charge in [0.2, 0.25) is 0 Å². The summed E-state index contributed by atoms with van der Waals surface area (Å²) >= 11 is 0. The summed E-state index contributed by atoms with van der Waals surface area (Å²) in [4.78, 5) is 0. The normalized spacial score (nSPS) is 11.9. The molecule has 2 nitrogen and oxygen atoms in total. The first-order valence-corrected chi connectivity index (χ1v) is 6.08. The molecule has 0 N–H and O–H groups in total. The van der Waals surface area contributed by atoms with Gasteiger partial charge >= 0.3 is 12.5 Å². The average molecular weight is 331 g/mol. The van der Waals surface area contributed by atoms with Crippen molar-refractivity contribution in [2.24, 2.45) is 0 Å². The van der Waals surface area contributed by atoms with Crippen molar-refractivity contribution in [3.63, 3.8) is 0 Å². The van der Waals surface area contributed by atoms with Crippen LogP contribution < -0.4 is 4.74 Å². The van der Waals surface area contributed by atoms with Crippen LogP contribution in [-0.2, 0) is 6.18 Å². The smallest absolute Gasteiger partial charge is 0.406 e. The Hall–Kier alpha value is -2.69. The summed E-state index contributed by atoms with van der Waals surface area (Å²) in [6, 6.07) is 8.53. The number of ether oxygens (including phenoxy) is 1. The molecule has 2 aromatic rings. The molecule has 0 amide bonds. The van der Waals surface area contributed by atoms with E-state index in [1.54, 1.807) is 6.07 Å². The molecule has 23 heavy (non-hydrogen) atoms. The molecule has 2 rings (SSSR count). The van der Waals surface area contributed by atoms with E-state index in [0.29, 0.717) is 0 Å². The number of rotatable bonds is 2. The van der Waals surface area contributed by atoms with Crippen molar-refractivity contribution in [2.75, 3.05) is 0 Å². The van der Waals surface area contributed by atoms with E-state index in [1.807, 2.05) is 0 Å². The Morgan fingerprint density at radius 1 is 0.870 bits per heavy atom. The minimum Gasteiger partial charge on any atom is -0.406 e. The molecule has 0 spiro atoms.